The summed E-state index contributed by atoms with van der Waals surface area (Å²) in [5.74, 6) is 0.341. The van der Waals surface area contributed by atoms with Gasteiger partial charge in [-0.3, -0.25) is 4.79 Å². The van der Waals surface area contributed by atoms with Crippen molar-refractivity contribution in [2.45, 2.75) is 6.92 Å². The van der Waals surface area contributed by atoms with Crippen molar-refractivity contribution in [2.75, 3.05) is 18.6 Å². The molecule has 0 aromatic heterocycles. The number of carbonyl (C=O) groups is 1. The third-order valence-corrected chi connectivity index (χ3v) is 1.09. The van der Waals surface area contributed by atoms with E-state index in [1.807, 2.05) is 6.26 Å². The first-order chi connectivity index (χ1) is 5.81. The Hall–Kier alpha value is -0.395. The minimum absolute atomic E-state index is 0.125. The largest absolute Gasteiger partial charge is 0.673 e. The first-order valence-electron chi connectivity index (χ1n) is 3.33. The van der Waals surface area contributed by atoms with E-state index in [1.54, 1.807) is 6.92 Å². The molecule has 8 heteroatoms. The fourth-order valence-electron chi connectivity index (χ4n) is 0.321. The summed E-state index contributed by atoms with van der Waals surface area (Å²) >= 11 is 1.48. The van der Waals surface area contributed by atoms with Crippen LogP contribution in [0.1, 0.15) is 6.92 Å². The molecule has 0 N–H and O–H groups in total. The van der Waals surface area contributed by atoms with Crippen LogP contribution >= 0.6 is 11.8 Å². The fourth-order valence-corrected chi connectivity index (χ4v) is 0.640. The molecule has 0 rings (SSSR count). The zero-order valence-electron chi connectivity index (χ0n) is 7.23. The molecule has 0 aliphatic rings. The van der Waals surface area contributed by atoms with E-state index in [0.717, 1.165) is 0 Å². The van der Waals surface area contributed by atoms with E-state index in [0.29, 0.717) is 12.4 Å². The molecule has 0 aliphatic heterocycles. The van der Waals surface area contributed by atoms with Gasteiger partial charge in [-0.15, -0.1) is 0 Å². The van der Waals surface area contributed by atoms with Crippen molar-refractivity contribution in [3.8, 4) is 0 Å². The zero-order valence-corrected chi connectivity index (χ0v) is 8.04. The first kappa shape index (κ1) is 15.1. The third kappa shape index (κ3) is 34.1. The van der Waals surface area contributed by atoms with Gasteiger partial charge < -0.3 is 22.0 Å². The summed E-state index contributed by atoms with van der Waals surface area (Å²) in [4.78, 5) is 10.4. The molecule has 0 bridgehead atoms. The van der Waals surface area contributed by atoms with Crippen molar-refractivity contribution in [1.82, 2.24) is 0 Å². The summed E-state index contributed by atoms with van der Waals surface area (Å²) in [7, 11) is -6.00. The van der Waals surface area contributed by atoms with Crippen molar-refractivity contribution in [2.24, 2.45) is 0 Å². The SMILES string of the molecule is CCOC(=O)CSC.F[B-](F)(F)F. The molecule has 80 valence electrons. The van der Waals surface area contributed by atoms with Gasteiger partial charge in [0.15, 0.2) is 0 Å². The number of carbonyl (C=O) groups excluding carboxylic acids is 1. The van der Waals surface area contributed by atoms with Crippen LogP contribution in [0.15, 0.2) is 0 Å². The Kier molecular flexibility index (Phi) is 9.54. The van der Waals surface area contributed by atoms with Gasteiger partial charge in [0.25, 0.3) is 0 Å². The lowest BCUT2D eigenvalue weighted by molar-refractivity contribution is -0.139. The molecular weight excluding hydrogens is 211 g/mol. The van der Waals surface area contributed by atoms with Gasteiger partial charge in [0.05, 0.1) is 12.4 Å². The Morgan fingerprint density at radius 3 is 2.00 bits per heavy atom. The molecule has 0 aromatic carbocycles. The molecule has 0 atom stereocenters. The molecule has 0 unspecified atom stereocenters. The van der Waals surface area contributed by atoms with Crippen LogP contribution in [0, 0.1) is 0 Å². The maximum Gasteiger partial charge on any atom is 0.673 e. The molecule has 0 radical (unpaired) electrons. The summed E-state index contributed by atoms with van der Waals surface area (Å²) in [6.45, 7) is 2.29. The highest BCUT2D eigenvalue weighted by Gasteiger charge is 2.20. The second-order valence-corrected chi connectivity index (χ2v) is 2.60. The topological polar surface area (TPSA) is 26.3 Å². The molecule has 0 aliphatic carbocycles. The Morgan fingerprint density at radius 2 is 1.77 bits per heavy atom. The summed E-state index contributed by atoms with van der Waals surface area (Å²) < 4.78 is 43.6. The highest BCUT2D eigenvalue weighted by atomic mass is 32.2. The van der Waals surface area contributed by atoms with E-state index >= 15 is 0 Å². The van der Waals surface area contributed by atoms with Crippen LogP contribution in [0.25, 0.3) is 0 Å². The molecule has 0 saturated carbocycles. The monoisotopic (exact) mass is 221 g/mol. The molecule has 0 fully saturated rings. The minimum atomic E-state index is -6.00. The van der Waals surface area contributed by atoms with Crippen molar-refractivity contribution < 1.29 is 26.8 Å². The molecular formula is C5H10BF4O2S-. The van der Waals surface area contributed by atoms with Gasteiger partial charge in [0.2, 0.25) is 0 Å². The van der Waals surface area contributed by atoms with Crippen LogP contribution < -0.4 is 0 Å². The lowest BCUT2D eigenvalue weighted by Crippen LogP contribution is -2.05. The quantitative estimate of drug-likeness (QED) is 0.415. The van der Waals surface area contributed by atoms with Crippen molar-refractivity contribution in [3.63, 3.8) is 0 Å². The van der Waals surface area contributed by atoms with Gasteiger partial charge in [-0.2, -0.15) is 11.8 Å². The number of rotatable bonds is 3. The Balaban J connectivity index is 0. The van der Waals surface area contributed by atoms with E-state index < -0.39 is 7.25 Å². The minimum Gasteiger partial charge on any atom is -0.465 e. The van der Waals surface area contributed by atoms with Crippen LogP contribution in [0.3, 0.4) is 0 Å². The Bertz CT molecular complexity index is 127. The zero-order chi connectivity index (χ0) is 10.9. The van der Waals surface area contributed by atoms with E-state index in [4.69, 9.17) is 0 Å². The van der Waals surface area contributed by atoms with Crippen molar-refractivity contribution >= 4 is 25.0 Å². The number of halogens is 4. The van der Waals surface area contributed by atoms with Crippen LogP contribution in [0.2, 0.25) is 0 Å². The number of hydrogen-bond donors (Lipinski definition) is 0. The van der Waals surface area contributed by atoms with Crippen LogP contribution in [-0.2, 0) is 9.53 Å². The number of hydrogen-bond acceptors (Lipinski definition) is 3. The highest BCUT2D eigenvalue weighted by Crippen LogP contribution is 2.06. The van der Waals surface area contributed by atoms with Crippen LogP contribution in [-0.4, -0.2) is 31.8 Å². The first-order valence-corrected chi connectivity index (χ1v) is 4.72. The number of thioether (sulfide) groups is 1. The molecule has 0 amide bonds. The van der Waals surface area contributed by atoms with E-state index in [1.165, 1.54) is 11.8 Å². The summed E-state index contributed by atoms with van der Waals surface area (Å²) in [6.07, 6.45) is 1.87. The predicted octanol–water partition coefficient (Wildman–Crippen LogP) is 2.21. The second kappa shape index (κ2) is 8.21. The number of esters is 1. The van der Waals surface area contributed by atoms with Gasteiger partial charge in [-0.1, -0.05) is 0 Å². The lowest BCUT2D eigenvalue weighted by Gasteiger charge is -1.96. The highest BCUT2D eigenvalue weighted by molar-refractivity contribution is 7.99. The maximum atomic E-state index is 10.4. The normalized spacial score (nSPS) is 10.0. The second-order valence-electron chi connectivity index (χ2n) is 1.73. The standard InChI is InChI=1S/C5H10O2S.BF4/c1-3-7-5(6)4-8-2;2-1(3,4)5/h3-4H2,1-2H3;/q;-1. The number of ether oxygens (including phenoxy) is 1. The van der Waals surface area contributed by atoms with Crippen LogP contribution in [0.5, 0.6) is 0 Å². The van der Waals surface area contributed by atoms with Gasteiger partial charge in [0.1, 0.15) is 0 Å². The van der Waals surface area contributed by atoms with Crippen molar-refractivity contribution in [3.05, 3.63) is 0 Å². The Labute approximate surface area is 78.1 Å². The molecule has 0 aromatic rings. The molecule has 13 heavy (non-hydrogen) atoms. The summed E-state index contributed by atoms with van der Waals surface area (Å²) in [5.41, 5.74) is 0. The molecule has 0 saturated heterocycles. The maximum absolute atomic E-state index is 10.4. The third-order valence-electron chi connectivity index (χ3n) is 0.568. The predicted molar refractivity (Wildman–Crippen MR) is 45.2 cm³/mol. The van der Waals surface area contributed by atoms with Gasteiger partial charge in [-0.05, 0) is 13.2 Å². The van der Waals surface area contributed by atoms with Gasteiger partial charge in [0, 0.05) is 0 Å². The van der Waals surface area contributed by atoms with Crippen LogP contribution in [0.4, 0.5) is 17.3 Å². The van der Waals surface area contributed by atoms with Gasteiger partial charge >= 0.3 is 13.2 Å². The molecule has 2 nitrogen and oxygen atoms in total. The lowest BCUT2D eigenvalue weighted by atomic mass is 10.3. The average Bonchev–Trinajstić information content (AvgIpc) is 1.84. The van der Waals surface area contributed by atoms with E-state index in [-0.39, 0.29) is 5.97 Å². The van der Waals surface area contributed by atoms with Crippen molar-refractivity contribution in [1.29, 1.82) is 0 Å². The summed E-state index contributed by atoms with van der Waals surface area (Å²) in [6, 6.07) is 0. The molecule has 0 heterocycles. The molecule has 0 spiro atoms. The van der Waals surface area contributed by atoms with Gasteiger partial charge in [-0.25, -0.2) is 0 Å². The van der Waals surface area contributed by atoms with E-state index in [9.17, 15) is 22.1 Å². The summed E-state index contributed by atoms with van der Waals surface area (Å²) in [5, 5.41) is 0. The smallest absolute Gasteiger partial charge is 0.465 e. The van der Waals surface area contributed by atoms with E-state index in [2.05, 4.69) is 4.74 Å². The average molecular weight is 221 g/mol. The Morgan fingerprint density at radius 1 is 1.38 bits per heavy atom. The fraction of sp³-hybridized carbons (Fsp3) is 0.800.